The van der Waals surface area contributed by atoms with Crippen LogP contribution in [0.4, 0.5) is 0 Å². The van der Waals surface area contributed by atoms with Crippen molar-refractivity contribution in [3.8, 4) is 5.69 Å². The Bertz CT molecular complexity index is 847. The van der Waals surface area contributed by atoms with E-state index in [1.807, 2.05) is 4.68 Å². The minimum atomic E-state index is -0.0107. The van der Waals surface area contributed by atoms with Gasteiger partial charge in [-0.1, -0.05) is 43.9 Å². The number of benzene rings is 1. The Labute approximate surface area is 179 Å². The molecule has 0 unspecified atom stereocenters. The molecule has 2 aromatic rings. The van der Waals surface area contributed by atoms with Crippen molar-refractivity contribution < 1.29 is 9.53 Å². The Hall–Kier alpha value is -2.18. The average Bonchev–Trinajstić information content (AvgIpc) is 3.23. The highest BCUT2D eigenvalue weighted by atomic mass is 16.5. The molecule has 6 nitrogen and oxygen atoms in total. The molecule has 1 saturated carbocycles. The minimum absolute atomic E-state index is 0.0107. The van der Waals surface area contributed by atoms with Gasteiger partial charge in [0.15, 0.2) is 0 Å². The Morgan fingerprint density at radius 2 is 1.83 bits per heavy atom. The minimum Gasteiger partial charge on any atom is -0.379 e. The number of nitrogens with zero attached hydrogens (tertiary/aromatic N) is 3. The number of rotatable bonds is 6. The molecular weight excluding hydrogens is 376 g/mol. The zero-order chi connectivity index (χ0) is 21.0. The molecule has 1 N–H and O–H groups in total. The average molecular weight is 411 g/mol. The van der Waals surface area contributed by atoms with Crippen molar-refractivity contribution in [1.29, 1.82) is 0 Å². The van der Waals surface area contributed by atoms with E-state index in [1.165, 1.54) is 24.8 Å². The van der Waals surface area contributed by atoms with Crippen LogP contribution >= 0.6 is 0 Å². The van der Waals surface area contributed by atoms with E-state index in [2.05, 4.69) is 53.4 Å². The molecular formula is C24H34N4O2. The maximum absolute atomic E-state index is 13.2. The second-order valence-electron chi connectivity index (χ2n) is 8.67. The van der Waals surface area contributed by atoms with Crippen molar-refractivity contribution in [2.75, 3.05) is 32.8 Å². The summed E-state index contributed by atoms with van der Waals surface area (Å²) < 4.78 is 7.47. The maximum Gasteiger partial charge on any atom is 0.254 e. The van der Waals surface area contributed by atoms with E-state index in [0.29, 0.717) is 12.1 Å². The fourth-order valence-corrected chi connectivity index (χ4v) is 5.00. The van der Waals surface area contributed by atoms with E-state index in [9.17, 15) is 4.79 Å². The molecule has 0 spiro atoms. The summed E-state index contributed by atoms with van der Waals surface area (Å²) in [5.41, 5.74) is 3.92. The first kappa shape index (κ1) is 21.1. The van der Waals surface area contributed by atoms with Crippen LogP contribution in [0.25, 0.3) is 5.69 Å². The van der Waals surface area contributed by atoms with Gasteiger partial charge in [-0.05, 0) is 38.3 Å². The third-order valence-corrected chi connectivity index (χ3v) is 6.77. The Balaban J connectivity index is 1.51. The summed E-state index contributed by atoms with van der Waals surface area (Å²) in [6.45, 7) is 8.35. The smallest absolute Gasteiger partial charge is 0.254 e. The van der Waals surface area contributed by atoms with Gasteiger partial charge in [0.25, 0.3) is 5.91 Å². The molecule has 1 amide bonds. The fraction of sp³-hybridized carbons (Fsp3) is 0.583. The SMILES string of the molecule is CCc1c(C(=O)NCC2(N3CCOCC3)CCCCC2)cnn1-c1ccc(C)cc1. The van der Waals surface area contributed by atoms with Crippen molar-refractivity contribution >= 4 is 5.91 Å². The van der Waals surface area contributed by atoms with Gasteiger partial charge in [0, 0.05) is 25.2 Å². The predicted molar refractivity (Wildman–Crippen MR) is 118 cm³/mol. The summed E-state index contributed by atoms with van der Waals surface area (Å²) in [7, 11) is 0. The van der Waals surface area contributed by atoms with Crippen molar-refractivity contribution in [3.63, 3.8) is 0 Å². The summed E-state index contributed by atoms with van der Waals surface area (Å²) >= 11 is 0. The van der Waals surface area contributed by atoms with Crippen molar-refractivity contribution in [2.24, 2.45) is 0 Å². The number of ether oxygens (including phenoxy) is 1. The van der Waals surface area contributed by atoms with Crippen LogP contribution in [0, 0.1) is 6.92 Å². The van der Waals surface area contributed by atoms with Gasteiger partial charge < -0.3 is 10.1 Å². The molecule has 2 fully saturated rings. The third-order valence-electron chi connectivity index (χ3n) is 6.77. The molecule has 30 heavy (non-hydrogen) atoms. The number of hydrogen-bond donors (Lipinski definition) is 1. The molecule has 2 heterocycles. The van der Waals surface area contributed by atoms with Gasteiger partial charge in [-0.15, -0.1) is 0 Å². The quantitative estimate of drug-likeness (QED) is 0.792. The van der Waals surface area contributed by atoms with Gasteiger partial charge in [-0.25, -0.2) is 4.68 Å². The number of aromatic nitrogens is 2. The van der Waals surface area contributed by atoms with Crippen molar-refractivity contribution in [3.05, 3.63) is 47.3 Å². The molecule has 0 atom stereocenters. The molecule has 1 aliphatic heterocycles. The number of amides is 1. The monoisotopic (exact) mass is 410 g/mol. The molecule has 1 aliphatic carbocycles. The Kier molecular flexibility index (Phi) is 6.54. The van der Waals surface area contributed by atoms with Gasteiger partial charge in [0.2, 0.25) is 0 Å². The van der Waals surface area contributed by atoms with Gasteiger partial charge in [0.05, 0.1) is 36.4 Å². The third kappa shape index (κ3) is 4.30. The Morgan fingerprint density at radius 1 is 1.13 bits per heavy atom. The lowest BCUT2D eigenvalue weighted by atomic mass is 9.79. The van der Waals surface area contributed by atoms with Crippen LogP contribution in [0.15, 0.2) is 30.5 Å². The fourth-order valence-electron chi connectivity index (χ4n) is 5.00. The molecule has 1 aromatic carbocycles. The number of aryl methyl sites for hydroxylation is 1. The highest BCUT2D eigenvalue weighted by Crippen LogP contribution is 2.34. The number of nitrogens with one attached hydrogen (secondary N) is 1. The zero-order valence-electron chi connectivity index (χ0n) is 18.3. The van der Waals surface area contributed by atoms with Gasteiger partial charge in [0.1, 0.15) is 0 Å². The van der Waals surface area contributed by atoms with Crippen molar-refractivity contribution in [2.45, 2.75) is 57.9 Å². The predicted octanol–water partition coefficient (Wildman–Crippen LogP) is 3.51. The summed E-state index contributed by atoms with van der Waals surface area (Å²) in [5, 5.41) is 7.82. The van der Waals surface area contributed by atoms with Gasteiger partial charge >= 0.3 is 0 Å². The van der Waals surface area contributed by atoms with Crippen LogP contribution in [0.5, 0.6) is 0 Å². The highest BCUT2D eigenvalue weighted by molar-refractivity contribution is 5.95. The van der Waals surface area contributed by atoms with Gasteiger partial charge in [-0.2, -0.15) is 5.10 Å². The number of hydrogen-bond acceptors (Lipinski definition) is 4. The van der Waals surface area contributed by atoms with E-state index in [-0.39, 0.29) is 11.4 Å². The topological polar surface area (TPSA) is 59.4 Å². The second-order valence-corrected chi connectivity index (χ2v) is 8.67. The van der Waals surface area contributed by atoms with Crippen LogP contribution < -0.4 is 5.32 Å². The van der Waals surface area contributed by atoms with Crippen molar-refractivity contribution in [1.82, 2.24) is 20.0 Å². The van der Waals surface area contributed by atoms with E-state index in [0.717, 1.165) is 56.9 Å². The van der Waals surface area contributed by atoms with Gasteiger partial charge in [-0.3, -0.25) is 9.69 Å². The Morgan fingerprint density at radius 3 is 2.50 bits per heavy atom. The summed E-state index contributed by atoms with van der Waals surface area (Å²) in [6.07, 6.45) is 8.54. The molecule has 162 valence electrons. The zero-order valence-corrected chi connectivity index (χ0v) is 18.3. The van der Waals surface area contributed by atoms with Crippen LogP contribution in [0.1, 0.15) is 60.6 Å². The largest absolute Gasteiger partial charge is 0.379 e. The molecule has 2 aliphatic rings. The normalized spacial score (nSPS) is 19.5. The summed E-state index contributed by atoms with van der Waals surface area (Å²) in [4.78, 5) is 15.7. The number of carbonyl (C=O) groups excluding carboxylic acids is 1. The lowest BCUT2D eigenvalue weighted by Crippen LogP contribution is -2.59. The highest BCUT2D eigenvalue weighted by Gasteiger charge is 2.39. The van der Waals surface area contributed by atoms with E-state index >= 15 is 0 Å². The molecule has 1 saturated heterocycles. The van der Waals surface area contributed by atoms with Crippen LogP contribution in [-0.2, 0) is 11.2 Å². The first-order valence-corrected chi connectivity index (χ1v) is 11.4. The second kappa shape index (κ2) is 9.31. The standard InChI is InChI=1S/C24H34N4O2/c1-3-22-21(17-26-28(22)20-9-7-19(2)8-10-20)23(29)25-18-24(11-5-4-6-12-24)27-13-15-30-16-14-27/h7-10,17H,3-6,11-16,18H2,1-2H3,(H,25,29). The van der Waals surface area contributed by atoms with Crippen LogP contribution in [0.2, 0.25) is 0 Å². The molecule has 6 heteroatoms. The first-order chi connectivity index (χ1) is 14.6. The summed E-state index contributed by atoms with van der Waals surface area (Å²) in [5.74, 6) is -0.0107. The number of morpholine rings is 1. The molecule has 1 aromatic heterocycles. The van der Waals surface area contributed by atoms with E-state index < -0.39 is 0 Å². The lowest BCUT2D eigenvalue weighted by Gasteiger charge is -2.48. The molecule has 4 rings (SSSR count). The number of carbonyl (C=O) groups is 1. The molecule has 0 radical (unpaired) electrons. The maximum atomic E-state index is 13.2. The summed E-state index contributed by atoms with van der Waals surface area (Å²) in [6, 6.07) is 8.26. The van der Waals surface area contributed by atoms with Crippen LogP contribution in [-0.4, -0.2) is 59.0 Å². The first-order valence-electron chi connectivity index (χ1n) is 11.4. The van der Waals surface area contributed by atoms with E-state index in [1.54, 1.807) is 6.20 Å². The lowest BCUT2D eigenvalue weighted by molar-refractivity contribution is -0.0361. The molecule has 0 bridgehead atoms. The van der Waals surface area contributed by atoms with E-state index in [4.69, 9.17) is 4.74 Å². The van der Waals surface area contributed by atoms with Crippen LogP contribution in [0.3, 0.4) is 0 Å².